The predicted octanol–water partition coefficient (Wildman–Crippen LogP) is 4.51. The van der Waals surface area contributed by atoms with Gasteiger partial charge in [0.05, 0.1) is 10.5 Å². The molecule has 1 unspecified atom stereocenters. The third-order valence-electron chi connectivity index (χ3n) is 4.12. The number of carbonyl (C=O) groups is 1. The van der Waals surface area contributed by atoms with Gasteiger partial charge in [-0.05, 0) is 47.8 Å². The van der Waals surface area contributed by atoms with Crippen molar-refractivity contribution < 1.29 is 31.1 Å². The van der Waals surface area contributed by atoms with Crippen molar-refractivity contribution in [2.24, 2.45) is 7.05 Å². The van der Waals surface area contributed by atoms with E-state index in [0.29, 0.717) is 5.56 Å². The van der Waals surface area contributed by atoms with Gasteiger partial charge in [-0.15, -0.1) is 0 Å². The minimum absolute atomic E-state index is 0.00267. The van der Waals surface area contributed by atoms with E-state index in [4.69, 9.17) is 0 Å². The minimum Gasteiger partial charge on any atom is -0.326 e. The second-order valence-electron chi connectivity index (χ2n) is 6.20. The van der Waals surface area contributed by atoms with Crippen LogP contribution in [-0.4, -0.2) is 40.4 Å². The Morgan fingerprint density at radius 1 is 1.29 bits per heavy atom. The standard InChI is InChI=1S/C16H20BrF6N3O2/c1-4-26(9(2)10-7-11(17)13(27)25(3)8-10)14(28)24-12(16(21,22)23)5-6-15(18,19)20/h7-9,12H,4-6H2,1-3H3,(H,24,28)/t9-,12?/m1/s1. The number of aromatic nitrogens is 1. The van der Waals surface area contributed by atoms with Gasteiger partial charge in [0.1, 0.15) is 6.04 Å². The first-order chi connectivity index (χ1) is 12.7. The van der Waals surface area contributed by atoms with E-state index < -0.39 is 43.3 Å². The third kappa shape index (κ3) is 6.71. The Morgan fingerprint density at radius 2 is 1.86 bits per heavy atom. The zero-order chi connectivity index (χ0) is 21.9. The number of carbonyl (C=O) groups excluding carboxylic acids is 1. The van der Waals surface area contributed by atoms with Crippen molar-refractivity contribution in [3.8, 4) is 0 Å². The number of amides is 2. The molecule has 1 N–H and O–H groups in total. The van der Waals surface area contributed by atoms with Crippen LogP contribution in [0.5, 0.6) is 0 Å². The Morgan fingerprint density at radius 3 is 2.29 bits per heavy atom. The summed E-state index contributed by atoms with van der Waals surface area (Å²) in [5.74, 6) is 0. The van der Waals surface area contributed by atoms with Crippen molar-refractivity contribution in [2.75, 3.05) is 6.54 Å². The molecule has 2 amide bonds. The van der Waals surface area contributed by atoms with Crippen molar-refractivity contribution in [3.63, 3.8) is 0 Å². The summed E-state index contributed by atoms with van der Waals surface area (Å²) in [6, 6.07) is -3.07. The molecule has 1 heterocycles. The van der Waals surface area contributed by atoms with Crippen LogP contribution in [0.15, 0.2) is 21.5 Å². The monoisotopic (exact) mass is 479 g/mol. The SMILES string of the molecule is CCN(C(=O)NC(CCC(F)(F)F)C(F)(F)F)[C@H](C)c1cc(Br)c(=O)n(C)c1. The van der Waals surface area contributed by atoms with E-state index >= 15 is 0 Å². The van der Waals surface area contributed by atoms with Crippen molar-refractivity contribution in [1.29, 1.82) is 0 Å². The molecule has 1 aromatic heterocycles. The Balaban J connectivity index is 3.03. The topological polar surface area (TPSA) is 54.3 Å². The first kappa shape index (κ1) is 24.3. The molecule has 0 aliphatic heterocycles. The number of nitrogens with zero attached hydrogens (tertiary/aromatic N) is 2. The molecule has 0 bridgehead atoms. The normalized spacial score (nSPS) is 14.5. The molecule has 1 rings (SSSR count). The smallest absolute Gasteiger partial charge is 0.326 e. The van der Waals surface area contributed by atoms with Gasteiger partial charge in [0.15, 0.2) is 0 Å². The average molecular weight is 480 g/mol. The van der Waals surface area contributed by atoms with Gasteiger partial charge in [0, 0.05) is 26.2 Å². The fourth-order valence-electron chi connectivity index (χ4n) is 2.56. The molecule has 0 saturated carbocycles. The summed E-state index contributed by atoms with van der Waals surface area (Å²) in [7, 11) is 1.47. The second kappa shape index (κ2) is 9.19. The van der Waals surface area contributed by atoms with Crippen LogP contribution in [-0.2, 0) is 7.05 Å². The van der Waals surface area contributed by atoms with E-state index in [0.717, 1.165) is 4.90 Å². The number of alkyl halides is 6. The van der Waals surface area contributed by atoms with Crippen molar-refractivity contribution in [3.05, 3.63) is 32.7 Å². The maximum atomic E-state index is 13.1. The van der Waals surface area contributed by atoms with Crippen LogP contribution in [0.2, 0.25) is 0 Å². The molecular formula is C16H20BrF6N3O2. The van der Waals surface area contributed by atoms with Crippen LogP contribution in [0.25, 0.3) is 0 Å². The average Bonchev–Trinajstić information content (AvgIpc) is 2.54. The summed E-state index contributed by atoms with van der Waals surface area (Å²) < 4.78 is 77.5. The third-order valence-corrected chi connectivity index (χ3v) is 4.69. The van der Waals surface area contributed by atoms with Gasteiger partial charge in [-0.25, -0.2) is 4.79 Å². The first-order valence-corrected chi connectivity index (χ1v) is 9.03. The van der Waals surface area contributed by atoms with Gasteiger partial charge in [0.25, 0.3) is 5.56 Å². The molecule has 2 atom stereocenters. The van der Waals surface area contributed by atoms with E-state index in [2.05, 4.69) is 15.9 Å². The summed E-state index contributed by atoms with van der Waals surface area (Å²) in [4.78, 5) is 25.1. The van der Waals surface area contributed by atoms with Crippen LogP contribution < -0.4 is 10.9 Å². The molecule has 160 valence electrons. The summed E-state index contributed by atoms with van der Waals surface area (Å²) >= 11 is 3.07. The summed E-state index contributed by atoms with van der Waals surface area (Å²) in [6.45, 7) is 3.05. The zero-order valence-corrected chi connectivity index (χ0v) is 16.9. The number of hydrogen-bond acceptors (Lipinski definition) is 2. The fraction of sp³-hybridized carbons (Fsp3) is 0.625. The lowest BCUT2D eigenvalue weighted by atomic mass is 10.1. The quantitative estimate of drug-likeness (QED) is 0.610. The molecule has 0 aliphatic carbocycles. The van der Waals surface area contributed by atoms with E-state index in [1.807, 2.05) is 0 Å². The van der Waals surface area contributed by atoms with Gasteiger partial charge < -0.3 is 14.8 Å². The highest BCUT2D eigenvalue weighted by molar-refractivity contribution is 9.10. The van der Waals surface area contributed by atoms with E-state index in [1.165, 1.54) is 37.7 Å². The lowest BCUT2D eigenvalue weighted by Crippen LogP contribution is -2.51. The highest BCUT2D eigenvalue weighted by Gasteiger charge is 2.43. The Labute approximate surface area is 165 Å². The number of hydrogen-bond donors (Lipinski definition) is 1. The molecule has 0 fully saturated rings. The molecule has 0 radical (unpaired) electrons. The number of rotatable bonds is 6. The van der Waals surface area contributed by atoms with E-state index in [9.17, 15) is 35.9 Å². The molecule has 5 nitrogen and oxygen atoms in total. The lowest BCUT2D eigenvalue weighted by Gasteiger charge is -2.31. The van der Waals surface area contributed by atoms with Crippen molar-refractivity contribution in [1.82, 2.24) is 14.8 Å². The fourth-order valence-corrected chi connectivity index (χ4v) is 3.10. The predicted molar refractivity (Wildman–Crippen MR) is 93.8 cm³/mol. The van der Waals surface area contributed by atoms with Gasteiger partial charge in [-0.3, -0.25) is 4.79 Å². The van der Waals surface area contributed by atoms with Crippen LogP contribution in [0.1, 0.15) is 38.3 Å². The van der Waals surface area contributed by atoms with Gasteiger partial charge >= 0.3 is 18.4 Å². The summed E-state index contributed by atoms with van der Waals surface area (Å²) in [6.07, 6.45) is -11.3. The zero-order valence-electron chi connectivity index (χ0n) is 15.3. The van der Waals surface area contributed by atoms with Crippen LogP contribution in [0.3, 0.4) is 0 Å². The lowest BCUT2D eigenvalue weighted by molar-refractivity contribution is -0.171. The van der Waals surface area contributed by atoms with Gasteiger partial charge in [-0.1, -0.05) is 0 Å². The van der Waals surface area contributed by atoms with Crippen molar-refractivity contribution in [2.45, 2.75) is 51.1 Å². The number of urea groups is 1. The van der Waals surface area contributed by atoms with Crippen LogP contribution in [0, 0.1) is 0 Å². The maximum absolute atomic E-state index is 13.1. The van der Waals surface area contributed by atoms with E-state index in [-0.39, 0.29) is 16.6 Å². The minimum atomic E-state index is -5.02. The molecule has 0 aliphatic rings. The maximum Gasteiger partial charge on any atom is 0.408 e. The highest BCUT2D eigenvalue weighted by atomic mass is 79.9. The Kier molecular flexibility index (Phi) is 7.98. The Bertz CT molecular complexity index is 721. The Hall–Kier alpha value is -1.72. The van der Waals surface area contributed by atoms with Gasteiger partial charge in [-0.2, -0.15) is 26.3 Å². The van der Waals surface area contributed by atoms with Gasteiger partial charge in [0.2, 0.25) is 0 Å². The molecule has 0 aromatic carbocycles. The molecular weight excluding hydrogens is 460 g/mol. The highest BCUT2D eigenvalue weighted by Crippen LogP contribution is 2.29. The molecule has 1 aromatic rings. The largest absolute Gasteiger partial charge is 0.408 e. The number of nitrogens with one attached hydrogen (secondary N) is 1. The summed E-state index contributed by atoms with van der Waals surface area (Å²) in [5.41, 5.74) is 0.123. The summed E-state index contributed by atoms with van der Waals surface area (Å²) in [5, 5.41) is 1.65. The van der Waals surface area contributed by atoms with Crippen LogP contribution >= 0.6 is 15.9 Å². The number of pyridine rings is 1. The second-order valence-corrected chi connectivity index (χ2v) is 7.05. The van der Waals surface area contributed by atoms with Crippen molar-refractivity contribution >= 4 is 22.0 Å². The molecule has 0 saturated heterocycles. The van der Waals surface area contributed by atoms with E-state index in [1.54, 1.807) is 5.32 Å². The first-order valence-electron chi connectivity index (χ1n) is 8.24. The molecule has 12 heteroatoms. The number of aryl methyl sites for hydroxylation is 1. The molecule has 28 heavy (non-hydrogen) atoms. The van der Waals surface area contributed by atoms with Crippen LogP contribution in [0.4, 0.5) is 31.1 Å². The molecule has 0 spiro atoms. The number of halogens is 7.